The molecule has 4 aromatic rings. The molecular weight excluding hydrogens is 492 g/mol. The van der Waals surface area contributed by atoms with Gasteiger partial charge in [0.05, 0.1) is 4.34 Å². The first-order valence-corrected chi connectivity index (χ1v) is 13.6. The minimum absolute atomic E-state index is 0.0151. The summed E-state index contributed by atoms with van der Waals surface area (Å²) in [7, 11) is -3.71. The summed E-state index contributed by atoms with van der Waals surface area (Å²) in [5, 5.41) is 4.79. The van der Waals surface area contributed by atoms with Crippen molar-refractivity contribution in [1.29, 1.82) is 0 Å². The molecule has 4 rings (SSSR count). The van der Waals surface area contributed by atoms with E-state index in [-0.39, 0.29) is 16.2 Å². The Morgan fingerprint density at radius 1 is 1.06 bits per heavy atom. The second-order valence-corrected chi connectivity index (χ2v) is 11.9. The molecule has 0 bridgehead atoms. The number of rotatable bonds is 9. The lowest BCUT2D eigenvalue weighted by molar-refractivity contribution is -0.116. The van der Waals surface area contributed by atoms with E-state index in [4.69, 9.17) is 11.6 Å². The van der Waals surface area contributed by atoms with Gasteiger partial charge in [-0.15, -0.1) is 11.3 Å². The Hall–Kier alpha value is -2.94. The fourth-order valence-corrected chi connectivity index (χ4v) is 6.44. The van der Waals surface area contributed by atoms with Gasteiger partial charge in [-0.25, -0.2) is 8.42 Å². The van der Waals surface area contributed by atoms with E-state index in [1.165, 1.54) is 12.1 Å². The Kier molecular flexibility index (Phi) is 7.21. The van der Waals surface area contributed by atoms with E-state index < -0.39 is 21.4 Å². The van der Waals surface area contributed by atoms with Gasteiger partial charge in [0.25, 0.3) is 5.56 Å². The number of ketones is 1. The van der Waals surface area contributed by atoms with Crippen LogP contribution >= 0.6 is 22.9 Å². The van der Waals surface area contributed by atoms with Crippen molar-refractivity contribution in [3.05, 3.63) is 87.1 Å². The zero-order valence-corrected chi connectivity index (χ0v) is 20.8. The monoisotopic (exact) mass is 514 g/mol. The van der Waals surface area contributed by atoms with Gasteiger partial charge in [-0.05, 0) is 65.9 Å². The SMILES string of the molecule is CCCNc1ccc2c(=O)n(-c3ccc(CC(=O)CS(=O)(=O)c4ccc(Cl)s4)cc3)ccc2c1. The maximum Gasteiger partial charge on any atom is 0.262 e. The van der Waals surface area contributed by atoms with Crippen molar-refractivity contribution in [2.75, 3.05) is 17.6 Å². The van der Waals surface area contributed by atoms with E-state index in [1.807, 2.05) is 24.3 Å². The number of pyridine rings is 1. The third-order valence-corrected chi connectivity index (χ3v) is 8.79. The molecule has 0 aliphatic carbocycles. The normalized spacial score (nSPS) is 11.6. The highest BCUT2D eigenvalue weighted by Crippen LogP contribution is 2.26. The highest BCUT2D eigenvalue weighted by molar-refractivity contribution is 7.94. The van der Waals surface area contributed by atoms with Crippen LogP contribution in [0.5, 0.6) is 0 Å². The first-order chi connectivity index (χ1) is 16.3. The summed E-state index contributed by atoms with van der Waals surface area (Å²) in [6.45, 7) is 2.96. The lowest BCUT2D eigenvalue weighted by atomic mass is 10.1. The highest BCUT2D eigenvalue weighted by atomic mass is 35.5. The number of carbonyl (C=O) groups excluding carboxylic acids is 1. The molecule has 0 aliphatic heterocycles. The van der Waals surface area contributed by atoms with E-state index in [0.717, 1.165) is 35.4 Å². The highest BCUT2D eigenvalue weighted by Gasteiger charge is 2.21. The number of halogens is 1. The smallest absolute Gasteiger partial charge is 0.262 e. The number of sulfone groups is 1. The Bertz CT molecular complexity index is 1510. The number of thiophene rings is 1. The van der Waals surface area contributed by atoms with Gasteiger partial charge in [0.2, 0.25) is 0 Å². The zero-order chi connectivity index (χ0) is 24.3. The van der Waals surface area contributed by atoms with Gasteiger partial charge < -0.3 is 5.32 Å². The van der Waals surface area contributed by atoms with Crippen LogP contribution in [0.2, 0.25) is 4.34 Å². The summed E-state index contributed by atoms with van der Waals surface area (Å²) in [5.74, 6) is -0.988. The average Bonchev–Trinajstić information content (AvgIpc) is 3.25. The van der Waals surface area contributed by atoms with Gasteiger partial charge in [-0.1, -0.05) is 30.7 Å². The third kappa shape index (κ3) is 5.41. The molecule has 0 fully saturated rings. The third-order valence-electron chi connectivity index (χ3n) is 5.30. The largest absolute Gasteiger partial charge is 0.385 e. The van der Waals surface area contributed by atoms with Crippen molar-refractivity contribution >= 4 is 55.0 Å². The summed E-state index contributed by atoms with van der Waals surface area (Å²) in [5.41, 5.74) is 2.18. The Morgan fingerprint density at radius 3 is 2.50 bits per heavy atom. The number of Topliss-reactive ketones (excluding diaryl/α,β-unsaturated/α-hetero) is 1. The summed E-state index contributed by atoms with van der Waals surface area (Å²) >= 11 is 6.75. The summed E-state index contributed by atoms with van der Waals surface area (Å²) in [6.07, 6.45) is 2.73. The van der Waals surface area contributed by atoms with Crippen LogP contribution in [0.3, 0.4) is 0 Å². The van der Waals surface area contributed by atoms with Gasteiger partial charge in [0.1, 0.15) is 9.96 Å². The number of aromatic nitrogens is 1. The number of anilines is 1. The fraction of sp³-hybridized carbons (Fsp3) is 0.200. The molecule has 34 heavy (non-hydrogen) atoms. The van der Waals surface area contributed by atoms with E-state index in [2.05, 4.69) is 12.2 Å². The molecule has 176 valence electrons. The molecule has 0 unspecified atom stereocenters. The van der Waals surface area contributed by atoms with Crippen molar-refractivity contribution in [3.63, 3.8) is 0 Å². The van der Waals surface area contributed by atoms with Gasteiger partial charge in [-0.2, -0.15) is 0 Å². The topological polar surface area (TPSA) is 85.2 Å². The van der Waals surface area contributed by atoms with Crippen molar-refractivity contribution < 1.29 is 13.2 Å². The predicted molar refractivity (Wildman–Crippen MR) is 138 cm³/mol. The van der Waals surface area contributed by atoms with Crippen LogP contribution in [0, 0.1) is 0 Å². The van der Waals surface area contributed by atoms with Crippen molar-refractivity contribution in [2.24, 2.45) is 0 Å². The predicted octanol–water partition coefficient (Wildman–Crippen LogP) is 5.11. The molecule has 2 heterocycles. The zero-order valence-electron chi connectivity index (χ0n) is 18.5. The van der Waals surface area contributed by atoms with Crippen LogP contribution in [0.4, 0.5) is 5.69 Å². The minimum atomic E-state index is -3.71. The summed E-state index contributed by atoms with van der Waals surface area (Å²) in [4.78, 5) is 25.4. The molecule has 1 N–H and O–H groups in total. The second-order valence-electron chi connectivity index (χ2n) is 7.92. The molecular formula is C25H23ClN2O4S2. The molecule has 0 spiro atoms. The van der Waals surface area contributed by atoms with Crippen LogP contribution in [0.25, 0.3) is 16.5 Å². The maximum absolute atomic E-state index is 13.0. The number of hydrogen-bond donors (Lipinski definition) is 1. The number of nitrogens with zero attached hydrogens (tertiary/aromatic N) is 1. The van der Waals surface area contributed by atoms with Crippen LogP contribution in [-0.4, -0.2) is 31.1 Å². The molecule has 0 aliphatic rings. The molecule has 0 radical (unpaired) electrons. The van der Waals surface area contributed by atoms with Gasteiger partial charge in [-0.3, -0.25) is 14.2 Å². The lowest BCUT2D eigenvalue weighted by Gasteiger charge is -2.10. The number of carbonyl (C=O) groups is 1. The van der Waals surface area contributed by atoms with Gasteiger partial charge in [0.15, 0.2) is 15.6 Å². The number of benzene rings is 2. The first kappa shape index (κ1) is 24.2. The molecule has 0 amide bonds. The minimum Gasteiger partial charge on any atom is -0.385 e. The van der Waals surface area contributed by atoms with E-state index in [0.29, 0.717) is 21.0 Å². The van der Waals surface area contributed by atoms with Crippen LogP contribution in [0.15, 0.2) is 75.9 Å². The lowest BCUT2D eigenvalue weighted by Crippen LogP contribution is -2.18. The van der Waals surface area contributed by atoms with Crippen molar-refractivity contribution in [2.45, 2.75) is 24.0 Å². The first-order valence-electron chi connectivity index (χ1n) is 10.8. The van der Waals surface area contributed by atoms with E-state index >= 15 is 0 Å². The molecule has 0 atom stereocenters. The molecule has 2 aromatic heterocycles. The molecule has 6 nitrogen and oxygen atoms in total. The molecule has 9 heteroatoms. The summed E-state index contributed by atoms with van der Waals surface area (Å²) in [6, 6.07) is 17.5. The van der Waals surface area contributed by atoms with E-state index in [1.54, 1.807) is 35.0 Å². The van der Waals surface area contributed by atoms with Crippen LogP contribution in [0.1, 0.15) is 18.9 Å². The van der Waals surface area contributed by atoms with Crippen molar-refractivity contribution in [1.82, 2.24) is 4.57 Å². The Morgan fingerprint density at radius 2 is 1.82 bits per heavy atom. The molecule has 0 saturated carbocycles. The average molecular weight is 515 g/mol. The second kappa shape index (κ2) is 10.1. The summed E-state index contributed by atoms with van der Waals surface area (Å²) < 4.78 is 26.8. The standard InChI is InChI=1S/C25H23ClN2O4S2/c1-2-12-27-19-5-8-22-18(15-19)11-13-28(25(22)30)20-6-3-17(4-7-20)14-21(29)16-34(31,32)24-10-9-23(26)33-24/h3-11,13,15,27H,2,12,14,16H2,1H3. The number of hydrogen-bond acceptors (Lipinski definition) is 6. The molecule has 2 aromatic carbocycles. The van der Waals surface area contributed by atoms with Crippen LogP contribution in [-0.2, 0) is 21.1 Å². The number of fused-ring (bicyclic) bond motifs is 1. The van der Waals surface area contributed by atoms with Crippen LogP contribution < -0.4 is 10.9 Å². The fourth-order valence-electron chi connectivity index (χ4n) is 3.63. The van der Waals surface area contributed by atoms with Gasteiger partial charge >= 0.3 is 0 Å². The van der Waals surface area contributed by atoms with Crippen molar-refractivity contribution in [3.8, 4) is 5.69 Å². The quantitative estimate of drug-likeness (QED) is 0.335. The Balaban J connectivity index is 1.49. The van der Waals surface area contributed by atoms with E-state index in [9.17, 15) is 18.0 Å². The Labute approximate surface area is 206 Å². The number of nitrogens with one attached hydrogen (secondary N) is 1. The molecule has 0 saturated heterocycles. The van der Waals surface area contributed by atoms with Gasteiger partial charge in [0, 0.05) is 35.9 Å². The maximum atomic E-state index is 13.0.